The second-order valence-electron chi connectivity index (χ2n) is 4.88. The molecule has 0 radical (unpaired) electrons. The predicted molar refractivity (Wildman–Crippen MR) is 71.8 cm³/mol. The molecule has 1 aromatic rings. The highest BCUT2D eigenvalue weighted by molar-refractivity contribution is 9.11. The predicted octanol–water partition coefficient (Wildman–Crippen LogP) is 3.28. The summed E-state index contributed by atoms with van der Waals surface area (Å²) in [6, 6.07) is 4.62. The highest BCUT2D eigenvalue weighted by Gasteiger charge is 2.45. The summed E-state index contributed by atoms with van der Waals surface area (Å²) in [6.45, 7) is 0.297. The molecule has 1 unspecified atom stereocenters. The summed E-state index contributed by atoms with van der Waals surface area (Å²) >= 11 is 5.30. The SMILES string of the molecule is CN(C)C(c1ccc(Br)s1)C1(CO)CCC1. The maximum absolute atomic E-state index is 9.69. The minimum atomic E-state index is 0.0911. The highest BCUT2D eigenvalue weighted by atomic mass is 79.9. The Kier molecular flexibility index (Phi) is 3.74. The zero-order chi connectivity index (χ0) is 11.8. The Bertz CT molecular complexity index is 354. The normalized spacial score (nSPS) is 20.8. The van der Waals surface area contributed by atoms with Crippen LogP contribution < -0.4 is 0 Å². The lowest BCUT2D eigenvalue weighted by atomic mass is 9.64. The smallest absolute Gasteiger partial charge is 0.0701 e. The maximum Gasteiger partial charge on any atom is 0.0701 e. The van der Waals surface area contributed by atoms with Gasteiger partial charge in [0.1, 0.15) is 0 Å². The van der Waals surface area contributed by atoms with Crippen molar-refractivity contribution in [2.24, 2.45) is 5.41 Å². The van der Waals surface area contributed by atoms with Crippen LogP contribution in [0.3, 0.4) is 0 Å². The number of thiophene rings is 1. The standard InChI is InChI=1S/C12H18BrNOS/c1-14(2)11(9-4-5-10(13)16-9)12(8-15)6-3-7-12/h4-5,11,15H,3,6-8H2,1-2H3. The summed E-state index contributed by atoms with van der Waals surface area (Å²) in [5, 5.41) is 9.69. The zero-order valence-electron chi connectivity index (χ0n) is 9.74. The zero-order valence-corrected chi connectivity index (χ0v) is 12.1. The number of hydrogen-bond acceptors (Lipinski definition) is 3. The Labute approximate surface area is 109 Å². The summed E-state index contributed by atoms with van der Waals surface area (Å²) < 4.78 is 1.17. The van der Waals surface area contributed by atoms with Gasteiger partial charge in [0.2, 0.25) is 0 Å². The molecule has 0 spiro atoms. The molecule has 1 aliphatic rings. The molecule has 1 heterocycles. The Morgan fingerprint density at radius 3 is 2.50 bits per heavy atom. The van der Waals surface area contributed by atoms with Gasteiger partial charge in [0.15, 0.2) is 0 Å². The summed E-state index contributed by atoms with van der Waals surface area (Å²) in [4.78, 5) is 3.60. The fourth-order valence-corrected chi connectivity index (χ4v) is 4.49. The van der Waals surface area contributed by atoms with E-state index in [0.29, 0.717) is 12.6 Å². The van der Waals surface area contributed by atoms with Gasteiger partial charge < -0.3 is 10.0 Å². The van der Waals surface area contributed by atoms with Crippen LogP contribution in [0, 0.1) is 5.41 Å². The van der Waals surface area contributed by atoms with Gasteiger partial charge in [-0.3, -0.25) is 0 Å². The summed E-state index contributed by atoms with van der Waals surface area (Å²) in [5.74, 6) is 0. The van der Waals surface area contributed by atoms with Crippen LogP contribution in [0.2, 0.25) is 0 Å². The van der Waals surface area contributed by atoms with Crippen molar-refractivity contribution in [2.45, 2.75) is 25.3 Å². The molecule has 1 aromatic heterocycles. The molecule has 1 saturated carbocycles. The molecule has 2 nitrogen and oxygen atoms in total. The van der Waals surface area contributed by atoms with Crippen molar-refractivity contribution in [3.8, 4) is 0 Å². The van der Waals surface area contributed by atoms with Crippen LogP contribution in [0.1, 0.15) is 30.2 Å². The molecule has 1 N–H and O–H groups in total. The number of halogens is 1. The van der Waals surface area contributed by atoms with Crippen LogP contribution in [0.4, 0.5) is 0 Å². The van der Waals surface area contributed by atoms with Crippen LogP contribution in [-0.4, -0.2) is 30.7 Å². The number of hydrogen-bond donors (Lipinski definition) is 1. The van der Waals surface area contributed by atoms with Gasteiger partial charge in [0.25, 0.3) is 0 Å². The lowest BCUT2D eigenvalue weighted by molar-refractivity contribution is -0.0294. The van der Waals surface area contributed by atoms with Gasteiger partial charge in [-0.05, 0) is 55.0 Å². The highest BCUT2D eigenvalue weighted by Crippen LogP contribution is 2.53. The van der Waals surface area contributed by atoms with Crippen molar-refractivity contribution in [1.29, 1.82) is 0 Å². The van der Waals surface area contributed by atoms with Crippen molar-refractivity contribution in [3.05, 3.63) is 20.8 Å². The van der Waals surface area contributed by atoms with E-state index in [9.17, 15) is 5.11 Å². The van der Waals surface area contributed by atoms with Gasteiger partial charge in [-0.1, -0.05) is 6.42 Å². The second-order valence-corrected chi connectivity index (χ2v) is 7.38. The van der Waals surface area contributed by atoms with Gasteiger partial charge in [-0.2, -0.15) is 0 Å². The second kappa shape index (κ2) is 4.77. The monoisotopic (exact) mass is 303 g/mol. The quantitative estimate of drug-likeness (QED) is 0.923. The first kappa shape index (κ1) is 12.6. The molecule has 0 bridgehead atoms. The van der Waals surface area contributed by atoms with E-state index in [2.05, 4.69) is 47.1 Å². The van der Waals surface area contributed by atoms with Crippen molar-refractivity contribution in [3.63, 3.8) is 0 Å². The average Bonchev–Trinajstić information content (AvgIpc) is 2.57. The molecule has 90 valence electrons. The third kappa shape index (κ3) is 2.08. The molecule has 2 rings (SSSR count). The summed E-state index contributed by atoms with van der Waals surface area (Å²) in [5.41, 5.74) is 0.0911. The molecular weight excluding hydrogens is 286 g/mol. The van der Waals surface area contributed by atoms with Crippen LogP contribution in [0.25, 0.3) is 0 Å². The largest absolute Gasteiger partial charge is 0.396 e. The van der Waals surface area contributed by atoms with Crippen LogP contribution >= 0.6 is 27.3 Å². The number of nitrogens with zero attached hydrogens (tertiary/aromatic N) is 1. The van der Waals surface area contributed by atoms with E-state index in [4.69, 9.17) is 0 Å². The summed E-state index contributed by atoms with van der Waals surface area (Å²) in [7, 11) is 4.21. The molecule has 0 aromatic carbocycles. The maximum atomic E-state index is 9.69. The fraction of sp³-hybridized carbons (Fsp3) is 0.667. The van der Waals surface area contributed by atoms with Crippen molar-refractivity contribution in [1.82, 2.24) is 4.90 Å². The minimum absolute atomic E-state index is 0.0911. The van der Waals surface area contributed by atoms with Gasteiger partial charge in [-0.25, -0.2) is 0 Å². The molecular formula is C12H18BrNOS. The van der Waals surface area contributed by atoms with E-state index >= 15 is 0 Å². The van der Waals surface area contributed by atoms with Crippen LogP contribution in [0.15, 0.2) is 15.9 Å². The summed E-state index contributed by atoms with van der Waals surface area (Å²) in [6.07, 6.45) is 3.53. The Morgan fingerprint density at radius 2 is 2.19 bits per heavy atom. The van der Waals surface area contributed by atoms with Crippen LogP contribution in [-0.2, 0) is 0 Å². The number of aliphatic hydroxyl groups is 1. The average molecular weight is 304 g/mol. The van der Waals surface area contributed by atoms with Crippen molar-refractivity contribution >= 4 is 27.3 Å². The van der Waals surface area contributed by atoms with Gasteiger partial charge in [0, 0.05) is 10.3 Å². The van der Waals surface area contributed by atoms with E-state index < -0.39 is 0 Å². The van der Waals surface area contributed by atoms with E-state index in [0.717, 1.165) is 12.8 Å². The third-order valence-corrected chi connectivity index (χ3v) is 5.30. The lowest BCUT2D eigenvalue weighted by Gasteiger charge is -2.48. The van der Waals surface area contributed by atoms with Gasteiger partial charge in [0.05, 0.1) is 16.4 Å². The molecule has 1 fully saturated rings. The molecule has 0 amide bonds. The Hall–Kier alpha value is 0.1000. The first-order chi connectivity index (χ1) is 7.59. The van der Waals surface area contributed by atoms with Crippen molar-refractivity contribution < 1.29 is 5.11 Å². The first-order valence-electron chi connectivity index (χ1n) is 5.61. The topological polar surface area (TPSA) is 23.5 Å². The fourth-order valence-electron chi connectivity index (χ4n) is 2.73. The third-order valence-electron chi connectivity index (χ3n) is 3.62. The lowest BCUT2D eigenvalue weighted by Crippen LogP contribution is -2.44. The Morgan fingerprint density at radius 1 is 1.50 bits per heavy atom. The number of rotatable bonds is 4. The van der Waals surface area contributed by atoms with E-state index in [-0.39, 0.29) is 5.41 Å². The molecule has 16 heavy (non-hydrogen) atoms. The molecule has 0 aliphatic heterocycles. The first-order valence-corrected chi connectivity index (χ1v) is 7.22. The molecule has 0 saturated heterocycles. The van der Waals surface area contributed by atoms with Crippen molar-refractivity contribution in [2.75, 3.05) is 20.7 Å². The molecule has 1 atom stereocenters. The Balaban J connectivity index is 2.30. The number of aliphatic hydroxyl groups excluding tert-OH is 1. The van der Waals surface area contributed by atoms with Crippen LogP contribution in [0.5, 0.6) is 0 Å². The van der Waals surface area contributed by atoms with E-state index in [1.54, 1.807) is 11.3 Å². The van der Waals surface area contributed by atoms with E-state index in [1.807, 2.05) is 0 Å². The molecule has 4 heteroatoms. The minimum Gasteiger partial charge on any atom is -0.396 e. The van der Waals surface area contributed by atoms with Gasteiger partial charge >= 0.3 is 0 Å². The van der Waals surface area contributed by atoms with Gasteiger partial charge in [-0.15, -0.1) is 11.3 Å². The molecule has 1 aliphatic carbocycles. The van der Waals surface area contributed by atoms with E-state index in [1.165, 1.54) is 15.1 Å².